The normalized spacial score (nSPS) is 13.0. The van der Waals surface area contributed by atoms with E-state index in [1.165, 1.54) is 12.1 Å². The lowest BCUT2D eigenvalue weighted by Crippen LogP contribution is -2.32. The van der Waals surface area contributed by atoms with Crippen LogP contribution in [-0.4, -0.2) is 37.9 Å². The number of aliphatic hydroxyl groups excluding tert-OH is 1. The van der Waals surface area contributed by atoms with Crippen molar-refractivity contribution in [3.05, 3.63) is 47.3 Å². The first-order chi connectivity index (χ1) is 11.4. The maximum absolute atomic E-state index is 13.0. The Bertz CT molecular complexity index is 639. The van der Waals surface area contributed by atoms with E-state index in [1.807, 2.05) is 6.92 Å². The second-order valence-corrected chi connectivity index (χ2v) is 6.56. The number of aromatic nitrogens is 3. The van der Waals surface area contributed by atoms with Gasteiger partial charge >= 0.3 is 0 Å². The third-order valence-corrected chi connectivity index (χ3v) is 4.00. The molecule has 1 heterocycles. The van der Waals surface area contributed by atoms with Crippen LogP contribution in [0.15, 0.2) is 24.3 Å². The van der Waals surface area contributed by atoms with Gasteiger partial charge in [0.1, 0.15) is 17.5 Å². The van der Waals surface area contributed by atoms with E-state index >= 15 is 0 Å². The van der Waals surface area contributed by atoms with Gasteiger partial charge in [-0.05, 0) is 37.5 Å². The Morgan fingerprint density at radius 2 is 1.83 bits per heavy atom. The molecule has 1 N–H and O–H groups in total. The number of rotatable bonds is 8. The van der Waals surface area contributed by atoms with E-state index in [9.17, 15) is 9.50 Å². The molecule has 0 aliphatic rings. The number of aryl methyl sites for hydroxylation is 1. The largest absolute Gasteiger partial charge is 0.387 e. The number of halogens is 1. The molecule has 5 nitrogen and oxygen atoms in total. The highest BCUT2D eigenvalue weighted by atomic mass is 19.1. The summed E-state index contributed by atoms with van der Waals surface area (Å²) in [5.74, 6) is 1.97. The van der Waals surface area contributed by atoms with Crippen LogP contribution in [0.5, 0.6) is 0 Å². The highest BCUT2D eigenvalue weighted by Gasteiger charge is 2.18. The average molecular weight is 334 g/mol. The van der Waals surface area contributed by atoms with Crippen molar-refractivity contribution in [2.75, 3.05) is 13.1 Å². The highest BCUT2D eigenvalue weighted by molar-refractivity contribution is 5.18. The minimum absolute atomic E-state index is 0.295. The lowest BCUT2D eigenvalue weighted by Gasteiger charge is -2.26. The van der Waals surface area contributed by atoms with Gasteiger partial charge in [0.2, 0.25) is 0 Å². The minimum atomic E-state index is -0.663. The molecule has 2 rings (SSSR count). The first-order valence-corrected chi connectivity index (χ1v) is 8.45. The smallest absolute Gasteiger partial charge is 0.147 e. The molecule has 0 bridgehead atoms. The molecule has 0 aliphatic heterocycles. The molecule has 0 saturated heterocycles. The predicted molar refractivity (Wildman–Crippen MR) is 91.9 cm³/mol. The number of nitrogens with zero attached hydrogens (tertiary/aromatic N) is 4. The van der Waals surface area contributed by atoms with E-state index in [2.05, 4.69) is 40.4 Å². The Labute approximate surface area is 143 Å². The van der Waals surface area contributed by atoms with E-state index in [0.29, 0.717) is 19.0 Å². The van der Waals surface area contributed by atoms with Crippen molar-refractivity contribution in [3.8, 4) is 0 Å². The number of hydrogen-bond acceptors (Lipinski definition) is 4. The Kier molecular flexibility index (Phi) is 6.45. The van der Waals surface area contributed by atoms with Crippen molar-refractivity contribution in [1.82, 2.24) is 19.7 Å². The van der Waals surface area contributed by atoms with Gasteiger partial charge < -0.3 is 9.67 Å². The summed E-state index contributed by atoms with van der Waals surface area (Å²) < 4.78 is 15.1. The maximum Gasteiger partial charge on any atom is 0.147 e. The predicted octanol–water partition coefficient (Wildman–Crippen LogP) is 2.94. The van der Waals surface area contributed by atoms with Crippen LogP contribution < -0.4 is 0 Å². The summed E-state index contributed by atoms with van der Waals surface area (Å²) in [6, 6.07) is 6.02. The van der Waals surface area contributed by atoms with Crippen LogP contribution in [0.25, 0.3) is 0 Å². The zero-order valence-corrected chi connectivity index (χ0v) is 14.9. The van der Waals surface area contributed by atoms with Crippen LogP contribution in [-0.2, 0) is 13.1 Å². The standard InChI is InChI=1S/C18H27FN4O/c1-5-23-14(4)20-21-18(23)12-22(10-13(2)3)11-17(24)15-6-8-16(19)9-7-15/h6-9,13,17,24H,5,10-12H2,1-4H3. The van der Waals surface area contributed by atoms with Crippen LogP contribution in [0, 0.1) is 18.7 Å². The van der Waals surface area contributed by atoms with E-state index in [0.717, 1.165) is 30.3 Å². The lowest BCUT2D eigenvalue weighted by molar-refractivity contribution is 0.0993. The van der Waals surface area contributed by atoms with Crippen molar-refractivity contribution in [2.45, 2.75) is 46.9 Å². The second-order valence-electron chi connectivity index (χ2n) is 6.56. The van der Waals surface area contributed by atoms with Crippen LogP contribution in [0.1, 0.15) is 44.1 Å². The molecule has 1 aromatic heterocycles. The van der Waals surface area contributed by atoms with E-state index < -0.39 is 6.10 Å². The third-order valence-electron chi connectivity index (χ3n) is 4.00. The topological polar surface area (TPSA) is 54.2 Å². The fourth-order valence-corrected chi connectivity index (χ4v) is 2.91. The second kappa shape index (κ2) is 8.35. The van der Waals surface area contributed by atoms with Crippen LogP contribution in [0.3, 0.4) is 0 Å². The zero-order valence-electron chi connectivity index (χ0n) is 14.9. The number of benzene rings is 1. The summed E-state index contributed by atoms with van der Waals surface area (Å²) in [7, 11) is 0. The molecule has 132 valence electrons. The average Bonchev–Trinajstić information content (AvgIpc) is 2.87. The number of aliphatic hydroxyl groups is 1. The minimum Gasteiger partial charge on any atom is -0.387 e. The molecule has 0 aliphatic carbocycles. The molecule has 1 atom stereocenters. The molecular weight excluding hydrogens is 307 g/mol. The zero-order chi connectivity index (χ0) is 17.7. The van der Waals surface area contributed by atoms with E-state index in [4.69, 9.17) is 0 Å². The number of hydrogen-bond donors (Lipinski definition) is 1. The molecule has 6 heteroatoms. The van der Waals surface area contributed by atoms with Gasteiger partial charge in [-0.2, -0.15) is 0 Å². The quantitative estimate of drug-likeness (QED) is 0.806. The van der Waals surface area contributed by atoms with Gasteiger partial charge in [0, 0.05) is 19.6 Å². The molecule has 0 saturated carbocycles. The lowest BCUT2D eigenvalue weighted by atomic mass is 10.1. The third kappa shape index (κ3) is 4.85. The van der Waals surface area contributed by atoms with Crippen molar-refractivity contribution < 1.29 is 9.50 Å². The molecule has 0 radical (unpaired) electrons. The van der Waals surface area contributed by atoms with E-state index in [-0.39, 0.29) is 5.82 Å². The summed E-state index contributed by atoms with van der Waals surface area (Å²) in [6.45, 7) is 11.1. The first kappa shape index (κ1) is 18.5. The molecule has 1 unspecified atom stereocenters. The molecule has 0 amide bonds. The maximum atomic E-state index is 13.0. The molecule has 2 aromatic rings. The summed E-state index contributed by atoms with van der Waals surface area (Å²) in [6.07, 6.45) is -0.663. The fourth-order valence-electron chi connectivity index (χ4n) is 2.91. The van der Waals surface area contributed by atoms with Gasteiger partial charge in [-0.3, -0.25) is 4.90 Å². The van der Waals surface area contributed by atoms with Gasteiger partial charge in [-0.15, -0.1) is 10.2 Å². The van der Waals surface area contributed by atoms with Gasteiger partial charge in [-0.1, -0.05) is 26.0 Å². The summed E-state index contributed by atoms with van der Waals surface area (Å²) in [5, 5.41) is 18.9. The van der Waals surface area contributed by atoms with Crippen molar-refractivity contribution >= 4 is 0 Å². The molecular formula is C18H27FN4O. The SMILES string of the molecule is CCn1c(C)nnc1CN(CC(C)C)CC(O)c1ccc(F)cc1. The van der Waals surface area contributed by atoms with Crippen molar-refractivity contribution in [3.63, 3.8) is 0 Å². The van der Waals surface area contributed by atoms with Crippen LogP contribution in [0.4, 0.5) is 4.39 Å². The van der Waals surface area contributed by atoms with Gasteiger partial charge in [0.25, 0.3) is 0 Å². The van der Waals surface area contributed by atoms with Crippen LogP contribution in [0.2, 0.25) is 0 Å². The van der Waals surface area contributed by atoms with Crippen molar-refractivity contribution in [1.29, 1.82) is 0 Å². The van der Waals surface area contributed by atoms with E-state index in [1.54, 1.807) is 12.1 Å². The molecule has 0 spiro atoms. The monoisotopic (exact) mass is 334 g/mol. The molecule has 0 fully saturated rings. The Balaban J connectivity index is 2.11. The van der Waals surface area contributed by atoms with Crippen molar-refractivity contribution in [2.24, 2.45) is 5.92 Å². The Morgan fingerprint density at radius 1 is 1.17 bits per heavy atom. The van der Waals surface area contributed by atoms with Gasteiger partial charge in [0.15, 0.2) is 0 Å². The molecule has 24 heavy (non-hydrogen) atoms. The summed E-state index contributed by atoms with van der Waals surface area (Å²) in [5.41, 5.74) is 0.721. The van der Waals surface area contributed by atoms with Gasteiger partial charge in [-0.25, -0.2) is 4.39 Å². The van der Waals surface area contributed by atoms with Crippen LogP contribution >= 0.6 is 0 Å². The first-order valence-electron chi connectivity index (χ1n) is 8.45. The Hall–Kier alpha value is -1.79. The fraction of sp³-hybridized carbons (Fsp3) is 0.556. The summed E-state index contributed by atoms with van der Waals surface area (Å²) >= 11 is 0. The highest BCUT2D eigenvalue weighted by Crippen LogP contribution is 2.17. The summed E-state index contributed by atoms with van der Waals surface area (Å²) in [4.78, 5) is 2.17. The Morgan fingerprint density at radius 3 is 2.42 bits per heavy atom. The molecule has 1 aromatic carbocycles. The van der Waals surface area contributed by atoms with Gasteiger partial charge in [0.05, 0.1) is 12.6 Å².